The van der Waals surface area contributed by atoms with Gasteiger partial charge in [-0.05, 0) is 175 Å². The molecule has 8 rings (SSSR count). The van der Waals surface area contributed by atoms with Crippen molar-refractivity contribution in [1.82, 2.24) is 0 Å². The van der Waals surface area contributed by atoms with E-state index < -0.39 is 0 Å². The molecule has 0 radical (unpaired) electrons. The lowest BCUT2D eigenvalue weighted by Gasteiger charge is -2.32. The van der Waals surface area contributed by atoms with Gasteiger partial charge in [0.05, 0.1) is 22.4 Å². The second-order valence-electron chi connectivity index (χ2n) is 16.5. The average molecular weight is 566 g/mol. The lowest BCUT2D eigenvalue weighted by Crippen LogP contribution is -2.41. The number of benzene rings is 2. The molecule has 222 valence electrons. The Morgan fingerprint density at radius 2 is 0.976 bits per heavy atom. The van der Waals surface area contributed by atoms with Gasteiger partial charge in [-0.25, -0.2) is 0 Å². The molecule has 2 aromatic carbocycles. The number of rotatable bonds is 3. The lowest BCUT2D eigenvalue weighted by molar-refractivity contribution is 0.00578. The van der Waals surface area contributed by atoms with Gasteiger partial charge in [0, 0.05) is 0 Å². The highest BCUT2D eigenvalue weighted by molar-refractivity contribution is 6.63. The van der Waals surface area contributed by atoms with E-state index in [1.54, 1.807) is 16.7 Å². The second-order valence-corrected chi connectivity index (χ2v) is 16.5. The first kappa shape index (κ1) is 27.9. The van der Waals surface area contributed by atoms with Crippen LogP contribution in [-0.2, 0) is 31.5 Å². The molecule has 4 nitrogen and oxygen atoms in total. The van der Waals surface area contributed by atoms with Crippen molar-refractivity contribution in [3.05, 3.63) is 46.5 Å². The zero-order valence-electron chi connectivity index (χ0n) is 27.1. The van der Waals surface area contributed by atoms with E-state index in [2.05, 4.69) is 79.7 Å². The van der Waals surface area contributed by atoms with E-state index in [0.717, 1.165) is 18.3 Å². The largest absolute Gasteiger partial charge is 0.495 e. The Morgan fingerprint density at radius 1 is 0.524 bits per heavy atom. The summed E-state index contributed by atoms with van der Waals surface area (Å²) in [5.74, 6) is 2.83. The van der Waals surface area contributed by atoms with Crippen molar-refractivity contribution in [2.75, 3.05) is 0 Å². The van der Waals surface area contributed by atoms with Gasteiger partial charge in [0.25, 0.3) is 0 Å². The maximum absolute atomic E-state index is 6.65. The predicted molar refractivity (Wildman–Crippen MR) is 171 cm³/mol. The first-order chi connectivity index (χ1) is 19.7. The molecular weight excluding hydrogens is 518 g/mol. The van der Waals surface area contributed by atoms with E-state index in [1.807, 2.05) is 0 Å². The Morgan fingerprint density at radius 3 is 1.55 bits per heavy atom. The highest BCUT2D eigenvalue weighted by Gasteiger charge is 2.55. The highest BCUT2D eigenvalue weighted by atomic mass is 16.7. The van der Waals surface area contributed by atoms with Crippen LogP contribution >= 0.6 is 0 Å². The summed E-state index contributed by atoms with van der Waals surface area (Å²) in [5, 5.41) is 0. The first-order valence-corrected chi connectivity index (χ1v) is 16.8. The Hall–Kier alpha value is -1.59. The van der Waals surface area contributed by atoms with Crippen LogP contribution in [0.1, 0.15) is 128 Å². The van der Waals surface area contributed by atoms with E-state index in [-0.39, 0.29) is 36.6 Å². The molecular formula is C36H48B2O4. The Kier molecular flexibility index (Phi) is 5.98. The molecule has 2 aliphatic heterocycles. The van der Waals surface area contributed by atoms with Crippen molar-refractivity contribution in [3.63, 3.8) is 0 Å². The van der Waals surface area contributed by atoms with Crippen LogP contribution in [0.5, 0.6) is 0 Å². The van der Waals surface area contributed by atoms with Gasteiger partial charge in [-0.15, -0.1) is 0 Å². The molecule has 42 heavy (non-hydrogen) atoms. The molecule has 2 saturated heterocycles. The van der Waals surface area contributed by atoms with E-state index in [9.17, 15) is 0 Å². The monoisotopic (exact) mass is 566 g/mol. The van der Waals surface area contributed by atoms with Crippen molar-refractivity contribution in [2.24, 2.45) is 11.8 Å². The van der Waals surface area contributed by atoms with Crippen LogP contribution < -0.4 is 10.9 Å². The number of fused-ring (bicyclic) bond motifs is 8. The summed E-state index contributed by atoms with van der Waals surface area (Å²) in [5.41, 5.74) is 10.4. The smallest absolute Gasteiger partial charge is 0.399 e. The SMILES string of the molecule is CC1(C)OB(c2ccc(-c3ccc(B4OC(C)(C)C(C)(C)O4)c4c3CC3CCC4C3)c3c2CC2CCC3C2)OC1(C)C. The van der Waals surface area contributed by atoms with Gasteiger partial charge in [-0.1, -0.05) is 24.3 Å². The lowest BCUT2D eigenvalue weighted by atomic mass is 9.65. The van der Waals surface area contributed by atoms with Crippen LogP contribution in [0.25, 0.3) is 11.1 Å². The molecule has 4 aliphatic carbocycles. The minimum atomic E-state index is -0.336. The fourth-order valence-electron chi connectivity index (χ4n) is 9.24. The van der Waals surface area contributed by atoms with Gasteiger partial charge in [0.2, 0.25) is 0 Å². The molecule has 4 unspecified atom stereocenters. The molecule has 0 spiro atoms. The van der Waals surface area contributed by atoms with Crippen LogP contribution in [0, 0.1) is 11.8 Å². The van der Waals surface area contributed by atoms with Crippen LogP contribution in [-0.4, -0.2) is 36.6 Å². The topological polar surface area (TPSA) is 36.9 Å². The molecule has 2 aromatic rings. The third kappa shape index (κ3) is 3.97. The van der Waals surface area contributed by atoms with Crippen molar-refractivity contribution in [3.8, 4) is 11.1 Å². The molecule has 2 heterocycles. The van der Waals surface area contributed by atoms with Crippen molar-refractivity contribution >= 4 is 25.2 Å². The minimum Gasteiger partial charge on any atom is -0.399 e. The van der Waals surface area contributed by atoms with Gasteiger partial charge in [-0.2, -0.15) is 0 Å². The molecule has 0 amide bonds. The normalized spacial score (nSPS) is 32.8. The molecule has 2 saturated carbocycles. The Bertz CT molecular complexity index is 1430. The molecule has 6 heteroatoms. The number of hydrogen-bond acceptors (Lipinski definition) is 4. The summed E-state index contributed by atoms with van der Waals surface area (Å²) >= 11 is 0. The minimum absolute atomic E-state index is 0.300. The third-order valence-corrected chi connectivity index (χ3v) is 13.0. The van der Waals surface area contributed by atoms with E-state index in [0.29, 0.717) is 11.8 Å². The van der Waals surface area contributed by atoms with Crippen molar-refractivity contribution in [1.29, 1.82) is 0 Å². The third-order valence-electron chi connectivity index (χ3n) is 13.0. The van der Waals surface area contributed by atoms with Crippen LogP contribution in [0.15, 0.2) is 24.3 Å². The van der Waals surface area contributed by atoms with E-state index in [1.165, 1.54) is 72.6 Å². The zero-order chi connectivity index (χ0) is 29.4. The molecule has 6 aliphatic rings. The van der Waals surface area contributed by atoms with Crippen LogP contribution in [0.3, 0.4) is 0 Å². The summed E-state index contributed by atoms with van der Waals surface area (Å²) < 4.78 is 26.6. The van der Waals surface area contributed by atoms with Crippen molar-refractivity contribution < 1.29 is 18.6 Å². The quantitative estimate of drug-likeness (QED) is 0.382. The van der Waals surface area contributed by atoms with Crippen molar-refractivity contribution in [2.45, 2.75) is 141 Å². The molecule has 0 N–H and O–H groups in total. The summed E-state index contributed by atoms with van der Waals surface area (Å²) in [6.07, 6.45) is 10.2. The zero-order valence-corrected chi connectivity index (χ0v) is 27.1. The first-order valence-electron chi connectivity index (χ1n) is 16.8. The van der Waals surface area contributed by atoms with Crippen LogP contribution in [0.4, 0.5) is 0 Å². The number of hydrogen-bond donors (Lipinski definition) is 0. The summed E-state index contributed by atoms with van der Waals surface area (Å²) in [7, 11) is -0.601. The highest BCUT2D eigenvalue weighted by Crippen LogP contribution is 2.53. The summed E-state index contributed by atoms with van der Waals surface area (Å²) in [4.78, 5) is 0. The standard InChI is InChI=1S/C36H48B2O4/c1-33(2)34(3,4)40-37(39-33)29-15-14-26(31-23-11-9-22(17-23)20-28(29)31)25-13-16-30(38-41-35(5,6)36(7,8)42-38)32-24-12-10-21(18-24)19-27(25)32/h13-16,21-24H,9-12,17-20H2,1-8H3. The molecule has 4 atom stereocenters. The van der Waals surface area contributed by atoms with E-state index >= 15 is 0 Å². The maximum atomic E-state index is 6.65. The van der Waals surface area contributed by atoms with Gasteiger partial charge >= 0.3 is 14.2 Å². The Balaban J connectivity index is 1.27. The fraction of sp³-hybridized carbons (Fsp3) is 0.667. The maximum Gasteiger partial charge on any atom is 0.495 e. The van der Waals surface area contributed by atoms with Gasteiger partial charge in [0.15, 0.2) is 0 Å². The Labute approximate surface area is 253 Å². The molecule has 4 fully saturated rings. The summed E-state index contributed by atoms with van der Waals surface area (Å²) in [6.45, 7) is 17.3. The average Bonchev–Trinajstić information content (AvgIpc) is 3.59. The van der Waals surface area contributed by atoms with Gasteiger partial charge in [-0.3, -0.25) is 0 Å². The van der Waals surface area contributed by atoms with Gasteiger partial charge < -0.3 is 18.6 Å². The van der Waals surface area contributed by atoms with Gasteiger partial charge in [0.1, 0.15) is 0 Å². The van der Waals surface area contributed by atoms with Crippen LogP contribution in [0.2, 0.25) is 0 Å². The molecule has 4 bridgehead atoms. The summed E-state index contributed by atoms with van der Waals surface area (Å²) in [6, 6.07) is 9.57. The fourth-order valence-corrected chi connectivity index (χ4v) is 9.24. The second kappa shape index (κ2) is 8.99. The predicted octanol–water partition coefficient (Wildman–Crippen LogP) is 6.83. The van der Waals surface area contributed by atoms with E-state index in [4.69, 9.17) is 18.6 Å². The molecule has 0 aromatic heterocycles.